The monoisotopic (exact) mass is 173 g/mol. The van der Waals surface area contributed by atoms with Gasteiger partial charge in [-0.05, 0) is 6.07 Å². The predicted molar refractivity (Wildman–Crippen MR) is 44.2 cm³/mol. The Balaban J connectivity index is 0.000001000. The minimum atomic E-state index is 0. The van der Waals surface area contributed by atoms with Gasteiger partial charge in [-0.3, -0.25) is 4.79 Å². The van der Waals surface area contributed by atoms with Crippen molar-refractivity contribution in [3.63, 3.8) is 0 Å². The van der Waals surface area contributed by atoms with Crippen molar-refractivity contribution >= 4 is 24.6 Å². The maximum atomic E-state index is 10.2. The van der Waals surface area contributed by atoms with Gasteiger partial charge >= 0.3 is 0 Å². The van der Waals surface area contributed by atoms with E-state index in [4.69, 9.17) is 0 Å². The first-order valence-corrected chi connectivity index (χ1v) is 2.83. The van der Waals surface area contributed by atoms with Gasteiger partial charge in [0.05, 0.1) is 0 Å². The molecule has 0 bridgehead atoms. The Morgan fingerprint density at radius 3 is 2.91 bits per heavy atom. The van der Waals surface area contributed by atoms with Gasteiger partial charge in [0.25, 0.3) is 0 Å². The molecule has 0 spiro atoms. The quantitative estimate of drug-likeness (QED) is 0.671. The highest BCUT2D eigenvalue weighted by molar-refractivity contribution is 5.85. The highest BCUT2D eigenvalue weighted by Gasteiger charge is 1.92. The van der Waals surface area contributed by atoms with Gasteiger partial charge in [0.2, 0.25) is 5.95 Å². The highest BCUT2D eigenvalue weighted by Crippen LogP contribution is 1.95. The van der Waals surface area contributed by atoms with Gasteiger partial charge in [-0.25, -0.2) is 9.97 Å². The molecule has 0 saturated carbocycles. The second-order valence-corrected chi connectivity index (χ2v) is 1.67. The number of carbonyl (C=O) groups excluding carboxylic acids is 1. The Morgan fingerprint density at radius 1 is 1.64 bits per heavy atom. The van der Waals surface area contributed by atoms with E-state index in [1.54, 1.807) is 13.1 Å². The van der Waals surface area contributed by atoms with Crippen LogP contribution in [0.3, 0.4) is 0 Å². The van der Waals surface area contributed by atoms with Gasteiger partial charge in [-0.15, -0.1) is 12.4 Å². The largest absolute Gasteiger partial charge is 0.357 e. The standard InChI is InChI=1S/C6H7N3O.ClH/c1-7-6-8-3-2-5(4-10)9-6;/h2-4H,1H3,(H,7,8,9);1H. The summed E-state index contributed by atoms with van der Waals surface area (Å²) >= 11 is 0. The van der Waals surface area contributed by atoms with Crippen molar-refractivity contribution in [1.29, 1.82) is 0 Å². The molecule has 0 saturated heterocycles. The van der Waals surface area contributed by atoms with E-state index in [9.17, 15) is 4.79 Å². The lowest BCUT2D eigenvalue weighted by atomic mass is 10.4. The van der Waals surface area contributed by atoms with Gasteiger partial charge in [0.15, 0.2) is 6.29 Å². The smallest absolute Gasteiger partial charge is 0.223 e. The number of nitrogens with zero attached hydrogens (tertiary/aromatic N) is 2. The van der Waals surface area contributed by atoms with Crippen molar-refractivity contribution in [3.05, 3.63) is 18.0 Å². The van der Waals surface area contributed by atoms with E-state index in [0.717, 1.165) is 0 Å². The molecular weight excluding hydrogens is 166 g/mol. The van der Waals surface area contributed by atoms with Crippen LogP contribution in [0.2, 0.25) is 0 Å². The third-order valence-electron chi connectivity index (χ3n) is 1.02. The van der Waals surface area contributed by atoms with E-state index in [2.05, 4.69) is 15.3 Å². The summed E-state index contributed by atoms with van der Waals surface area (Å²) in [5.41, 5.74) is 0.388. The van der Waals surface area contributed by atoms with E-state index in [0.29, 0.717) is 17.9 Å². The van der Waals surface area contributed by atoms with Crippen LogP contribution < -0.4 is 5.32 Å². The molecule has 1 aromatic rings. The zero-order chi connectivity index (χ0) is 7.40. The van der Waals surface area contributed by atoms with Crippen LogP contribution in [0.15, 0.2) is 12.3 Å². The van der Waals surface area contributed by atoms with Gasteiger partial charge in [0.1, 0.15) is 5.69 Å². The summed E-state index contributed by atoms with van der Waals surface area (Å²) in [5, 5.41) is 2.72. The maximum Gasteiger partial charge on any atom is 0.223 e. The third kappa shape index (κ3) is 2.51. The SMILES string of the molecule is CNc1nccc(C=O)n1.Cl. The summed E-state index contributed by atoms with van der Waals surface area (Å²) in [4.78, 5) is 17.8. The van der Waals surface area contributed by atoms with Crippen LogP contribution in [-0.4, -0.2) is 23.3 Å². The fourth-order valence-electron chi connectivity index (χ4n) is 0.559. The highest BCUT2D eigenvalue weighted by atomic mass is 35.5. The number of aromatic nitrogens is 2. The molecule has 1 N–H and O–H groups in total. The molecule has 1 rings (SSSR count). The molecule has 0 aliphatic rings. The Morgan fingerprint density at radius 2 is 2.36 bits per heavy atom. The number of hydrogen-bond donors (Lipinski definition) is 1. The topological polar surface area (TPSA) is 54.9 Å². The van der Waals surface area contributed by atoms with Crippen molar-refractivity contribution in [1.82, 2.24) is 9.97 Å². The summed E-state index contributed by atoms with van der Waals surface area (Å²) < 4.78 is 0. The van der Waals surface area contributed by atoms with Crippen LogP contribution in [-0.2, 0) is 0 Å². The van der Waals surface area contributed by atoms with E-state index in [1.807, 2.05) is 0 Å². The summed E-state index contributed by atoms with van der Waals surface area (Å²) in [5.74, 6) is 0.463. The molecule has 4 nitrogen and oxygen atoms in total. The summed E-state index contributed by atoms with van der Waals surface area (Å²) in [6.07, 6.45) is 2.21. The molecule has 60 valence electrons. The first-order chi connectivity index (χ1) is 4.86. The van der Waals surface area contributed by atoms with Crippen molar-refractivity contribution in [2.45, 2.75) is 0 Å². The molecule has 0 aromatic carbocycles. The summed E-state index contributed by atoms with van der Waals surface area (Å²) in [7, 11) is 1.70. The van der Waals surface area contributed by atoms with Crippen molar-refractivity contribution in [2.75, 3.05) is 12.4 Å². The molecule has 0 fully saturated rings. The fraction of sp³-hybridized carbons (Fsp3) is 0.167. The van der Waals surface area contributed by atoms with Crippen LogP contribution >= 0.6 is 12.4 Å². The lowest BCUT2D eigenvalue weighted by Gasteiger charge is -1.95. The van der Waals surface area contributed by atoms with Crippen LogP contribution in [0, 0.1) is 0 Å². The van der Waals surface area contributed by atoms with Gasteiger partial charge in [-0.1, -0.05) is 0 Å². The zero-order valence-electron chi connectivity index (χ0n) is 5.94. The molecule has 0 unspecified atom stereocenters. The molecule has 0 amide bonds. The Kier molecular flexibility index (Phi) is 4.14. The zero-order valence-corrected chi connectivity index (χ0v) is 6.76. The first kappa shape index (κ1) is 9.84. The predicted octanol–water partition coefficient (Wildman–Crippen LogP) is 0.753. The van der Waals surface area contributed by atoms with Gasteiger partial charge < -0.3 is 5.32 Å². The average molecular weight is 174 g/mol. The van der Waals surface area contributed by atoms with Crippen LogP contribution in [0.1, 0.15) is 10.5 Å². The lowest BCUT2D eigenvalue weighted by molar-refractivity contribution is 0.111. The molecule has 11 heavy (non-hydrogen) atoms. The molecule has 1 heterocycles. The number of nitrogens with one attached hydrogen (secondary N) is 1. The fourth-order valence-corrected chi connectivity index (χ4v) is 0.559. The molecule has 1 aromatic heterocycles. The minimum absolute atomic E-state index is 0. The Labute approximate surface area is 70.5 Å². The van der Waals surface area contributed by atoms with Gasteiger partial charge in [0, 0.05) is 13.2 Å². The van der Waals surface area contributed by atoms with Crippen LogP contribution in [0.4, 0.5) is 5.95 Å². The Bertz CT molecular complexity index is 241. The normalized spacial score (nSPS) is 8.09. The van der Waals surface area contributed by atoms with Crippen molar-refractivity contribution in [3.8, 4) is 0 Å². The van der Waals surface area contributed by atoms with Crippen LogP contribution in [0.25, 0.3) is 0 Å². The van der Waals surface area contributed by atoms with E-state index >= 15 is 0 Å². The molecule has 0 aliphatic heterocycles. The summed E-state index contributed by atoms with van der Waals surface area (Å²) in [6, 6.07) is 1.55. The van der Waals surface area contributed by atoms with E-state index < -0.39 is 0 Å². The first-order valence-electron chi connectivity index (χ1n) is 2.83. The molecule has 0 atom stereocenters. The molecule has 0 radical (unpaired) electrons. The average Bonchev–Trinajstić information content (AvgIpc) is 2.05. The number of halogens is 1. The minimum Gasteiger partial charge on any atom is -0.357 e. The third-order valence-corrected chi connectivity index (χ3v) is 1.02. The number of anilines is 1. The van der Waals surface area contributed by atoms with Crippen molar-refractivity contribution < 1.29 is 4.79 Å². The van der Waals surface area contributed by atoms with E-state index in [-0.39, 0.29) is 12.4 Å². The molecule has 0 aliphatic carbocycles. The molecule has 5 heteroatoms. The second kappa shape index (κ2) is 4.62. The second-order valence-electron chi connectivity index (χ2n) is 1.67. The van der Waals surface area contributed by atoms with Crippen LogP contribution in [0.5, 0.6) is 0 Å². The number of hydrogen-bond acceptors (Lipinski definition) is 4. The number of aldehydes is 1. The Hall–Kier alpha value is -1.16. The lowest BCUT2D eigenvalue weighted by Crippen LogP contribution is -1.97. The van der Waals surface area contributed by atoms with E-state index in [1.165, 1.54) is 6.20 Å². The van der Waals surface area contributed by atoms with Crippen molar-refractivity contribution in [2.24, 2.45) is 0 Å². The number of carbonyl (C=O) groups is 1. The maximum absolute atomic E-state index is 10.2. The number of rotatable bonds is 2. The van der Waals surface area contributed by atoms with Gasteiger partial charge in [-0.2, -0.15) is 0 Å². The molecular formula is C6H8ClN3O. The summed E-state index contributed by atoms with van der Waals surface area (Å²) in [6.45, 7) is 0.